The molecule has 0 aliphatic carbocycles. The first-order valence-corrected chi connectivity index (χ1v) is 7.09. The number of tetrazole rings is 1. The van der Waals surface area contributed by atoms with E-state index in [1.807, 2.05) is 0 Å². The van der Waals surface area contributed by atoms with E-state index in [2.05, 4.69) is 31.0 Å². The number of hydrogen-bond acceptors (Lipinski definition) is 7. The van der Waals surface area contributed by atoms with Crippen LogP contribution in [0.5, 0.6) is 0 Å². The van der Waals surface area contributed by atoms with Crippen molar-refractivity contribution in [3.63, 3.8) is 0 Å². The zero-order chi connectivity index (χ0) is 16.2. The van der Waals surface area contributed by atoms with Crippen LogP contribution in [-0.4, -0.2) is 36.3 Å². The summed E-state index contributed by atoms with van der Waals surface area (Å²) in [5.41, 5.74) is 0.750. The van der Waals surface area contributed by atoms with Gasteiger partial charge >= 0.3 is 0 Å². The molecule has 0 saturated carbocycles. The van der Waals surface area contributed by atoms with E-state index >= 15 is 0 Å². The lowest BCUT2D eigenvalue weighted by molar-refractivity contribution is -0.122. The predicted octanol–water partition coefficient (Wildman–Crippen LogP) is 1.25. The van der Waals surface area contributed by atoms with Gasteiger partial charge in [-0.05, 0) is 41.6 Å². The van der Waals surface area contributed by atoms with Crippen molar-refractivity contribution in [1.82, 2.24) is 35.7 Å². The molecule has 1 amide bonds. The Morgan fingerprint density at radius 3 is 2.87 bits per heavy atom. The van der Waals surface area contributed by atoms with Crippen molar-refractivity contribution < 1.29 is 9.32 Å². The fraction of sp³-hybridized carbons (Fsp3) is 0.231. The molecule has 0 fully saturated rings. The molecule has 3 rings (SSSR count). The molecule has 1 aromatic carbocycles. The predicted molar refractivity (Wildman–Crippen MR) is 79.1 cm³/mol. The maximum atomic E-state index is 11.9. The Balaban J connectivity index is 1.65. The number of hydrogen-bond donors (Lipinski definition) is 1. The van der Waals surface area contributed by atoms with Gasteiger partial charge in [-0.2, -0.15) is 4.98 Å². The minimum Gasteiger partial charge on any atom is -0.345 e. The molecule has 2 heterocycles. The first-order chi connectivity index (χ1) is 11.1. The van der Waals surface area contributed by atoms with E-state index in [9.17, 15) is 4.79 Å². The largest absolute Gasteiger partial charge is 0.345 e. The zero-order valence-corrected chi connectivity index (χ0v) is 12.8. The summed E-state index contributed by atoms with van der Waals surface area (Å²) < 4.78 is 6.52. The second-order valence-corrected chi connectivity index (χ2v) is 5.20. The van der Waals surface area contributed by atoms with Gasteiger partial charge in [0.25, 0.3) is 5.89 Å². The highest BCUT2D eigenvalue weighted by molar-refractivity contribution is 6.30. The molecule has 0 spiro atoms. The Morgan fingerprint density at radius 2 is 2.17 bits per heavy atom. The molecule has 1 atom stereocenters. The third-order valence-corrected chi connectivity index (χ3v) is 3.25. The molecular weight excluding hydrogens is 322 g/mol. The monoisotopic (exact) mass is 333 g/mol. The SMILES string of the molecule is CC(NC(=O)Cn1cnnn1)c1noc(-c2ccc(Cl)cc2)n1. The molecule has 1 unspecified atom stereocenters. The number of nitrogens with zero attached hydrogens (tertiary/aromatic N) is 6. The van der Waals surface area contributed by atoms with Gasteiger partial charge in [0.1, 0.15) is 12.9 Å². The summed E-state index contributed by atoms with van der Waals surface area (Å²) in [5.74, 6) is 0.473. The van der Waals surface area contributed by atoms with Crippen LogP contribution in [0.3, 0.4) is 0 Å². The number of amides is 1. The van der Waals surface area contributed by atoms with Crippen molar-refractivity contribution >= 4 is 17.5 Å². The van der Waals surface area contributed by atoms with E-state index in [1.165, 1.54) is 11.0 Å². The first kappa shape index (κ1) is 15.1. The summed E-state index contributed by atoms with van der Waals surface area (Å²) in [5, 5.41) is 17.8. The molecular formula is C13H12ClN7O2. The van der Waals surface area contributed by atoms with E-state index in [1.54, 1.807) is 31.2 Å². The van der Waals surface area contributed by atoms with Gasteiger partial charge < -0.3 is 9.84 Å². The summed E-state index contributed by atoms with van der Waals surface area (Å²) in [7, 11) is 0. The van der Waals surface area contributed by atoms with Crippen LogP contribution in [0.15, 0.2) is 35.1 Å². The van der Waals surface area contributed by atoms with Crippen LogP contribution in [0.2, 0.25) is 5.02 Å². The van der Waals surface area contributed by atoms with E-state index in [0.717, 1.165) is 5.56 Å². The highest BCUT2D eigenvalue weighted by Crippen LogP contribution is 2.21. The normalized spacial score (nSPS) is 12.1. The standard InChI is InChI=1S/C13H12ClN7O2/c1-8(16-11(22)6-21-7-15-19-20-21)12-17-13(23-18-12)9-2-4-10(14)5-3-9/h2-5,7-8H,6H2,1H3,(H,16,22). The molecule has 0 aliphatic rings. The minimum atomic E-state index is -0.413. The van der Waals surface area contributed by atoms with Crippen LogP contribution in [-0.2, 0) is 11.3 Å². The Hall–Kier alpha value is -2.81. The molecule has 118 valence electrons. The van der Waals surface area contributed by atoms with Gasteiger partial charge in [0.05, 0.1) is 6.04 Å². The van der Waals surface area contributed by atoms with Gasteiger partial charge in [0.15, 0.2) is 5.82 Å². The first-order valence-electron chi connectivity index (χ1n) is 6.71. The molecule has 0 aliphatic heterocycles. The lowest BCUT2D eigenvalue weighted by atomic mass is 10.2. The van der Waals surface area contributed by atoms with Gasteiger partial charge in [-0.3, -0.25) is 4.79 Å². The average Bonchev–Trinajstić information content (AvgIpc) is 3.19. The lowest BCUT2D eigenvalue weighted by Crippen LogP contribution is -2.30. The minimum absolute atomic E-state index is 0.0131. The van der Waals surface area contributed by atoms with Crippen LogP contribution in [0, 0.1) is 0 Å². The van der Waals surface area contributed by atoms with E-state index in [-0.39, 0.29) is 12.5 Å². The van der Waals surface area contributed by atoms with Crippen LogP contribution in [0.25, 0.3) is 11.5 Å². The van der Waals surface area contributed by atoms with Gasteiger partial charge in [-0.1, -0.05) is 16.8 Å². The Morgan fingerprint density at radius 1 is 1.39 bits per heavy atom. The van der Waals surface area contributed by atoms with Crippen molar-refractivity contribution in [3.05, 3.63) is 41.4 Å². The molecule has 3 aromatic rings. The van der Waals surface area contributed by atoms with Crippen molar-refractivity contribution in [2.45, 2.75) is 19.5 Å². The third kappa shape index (κ3) is 3.69. The number of halogens is 1. The molecule has 9 nitrogen and oxygen atoms in total. The molecule has 1 N–H and O–H groups in total. The number of carbonyl (C=O) groups is 1. The Kier molecular flexibility index (Phi) is 4.29. The van der Waals surface area contributed by atoms with E-state index in [0.29, 0.717) is 16.7 Å². The van der Waals surface area contributed by atoms with Crippen LogP contribution >= 0.6 is 11.6 Å². The van der Waals surface area contributed by atoms with Crippen molar-refractivity contribution in [2.75, 3.05) is 0 Å². The highest BCUT2D eigenvalue weighted by Gasteiger charge is 2.17. The second-order valence-electron chi connectivity index (χ2n) is 4.76. The quantitative estimate of drug-likeness (QED) is 0.747. The molecule has 23 heavy (non-hydrogen) atoms. The number of aromatic nitrogens is 6. The van der Waals surface area contributed by atoms with Crippen molar-refractivity contribution in [1.29, 1.82) is 0 Å². The molecule has 0 radical (unpaired) electrons. The van der Waals surface area contributed by atoms with Crippen LogP contribution < -0.4 is 5.32 Å². The van der Waals surface area contributed by atoms with Gasteiger partial charge in [-0.25, -0.2) is 4.68 Å². The summed E-state index contributed by atoms with van der Waals surface area (Å²) in [4.78, 5) is 16.2. The zero-order valence-electron chi connectivity index (χ0n) is 12.0. The smallest absolute Gasteiger partial charge is 0.257 e. The second kappa shape index (κ2) is 6.53. The van der Waals surface area contributed by atoms with Gasteiger partial charge in [0.2, 0.25) is 5.91 Å². The molecule has 0 bridgehead atoms. The van der Waals surface area contributed by atoms with E-state index in [4.69, 9.17) is 16.1 Å². The Bertz CT molecular complexity index is 785. The van der Waals surface area contributed by atoms with Crippen molar-refractivity contribution in [2.24, 2.45) is 0 Å². The number of benzene rings is 1. The number of carbonyl (C=O) groups excluding carboxylic acids is 1. The summed E-state index contributed by atoms with van der Waals surface area (Å²) >= 11 is 5.84. The van der Waals surface area contributed by atoms with Crippen LogP contribution in [0.1, 0.15) is 18.8 Å². The van der Waals surface area contributed by atoms with E-state index < -0.39 is 6.04 Å². The van der Waals surface area contributed by atoms with Crippen molar-refractivity contribution in [3.8, 4) is 11.5 Å². The summed E-state index contributed by atoms with van der Waals surface area (Å²) in [6.07, 6.45) is 1.36. The third-order valence-electron chi connectivity index (χ3n) is 2.99. The fourth-order valence-corrected chi connectivity index (χ4v) is 2.00. The maximum absolute atomic E-state index is 11.9. The maximum Gasteiger partial charge on any atom is 0.257 e. The molecule has 10 heteroatoms. The number of rotatable bonds is 5. The molecule has 0 saturated heterocycles. The van der Waals surface area contributed by atoms with Gasteiger partial charge in [0, 0.05) is 10.6 Å². The molecule has 2 aromatic heterocycles. The summed E-state index contributed by atoms with van der Waals surface area (Å²) in [6.45, 7) is 1.77. The van der Waals surface area contributed by atoms with Gasteiger partial charge in [-0.15, -0.1) is 5.10 Å². The summed E-state index contributed by atoms with van der Waals surface area (Å²) in [6, 6.07) is 6.61. The number of nitrogens with one attached hydrogen (secondary N) is 1. The Labute approximate surface area is 135 Å². The lowest BCUT2D eigenvalue weighted by Gasteiger charge is -2.09. The fourth-order valence-electron chi connectivity index (χ4n) is 1.87. The average molecular weight is 334 g/mol. The highest BCUT2D eigenvalue weighted by atomic mass is 35.5. The van der Waals surface area contributed by atoms with Crippen LogP contribution in [0.4, 0.5) is 0 Å². The topological polar surface area (TPSA) is 112 Å².